The molecule has 2 rings (SSSR count). The van der Waals surface area contributed by atoms with Crippen molar-refractivity contribution in [2.75, 3.05) is 13.1 Å². The second-order valence-electron chi connectivity index (χ2n) is 6.07. The van der Waals surface area contributed by atoms with Crippen LogP contribution in [0.4, 0.5) is 4.79 Å². The number of alkyl carbamates (subject to hydrolysis) is 1. The lowest BCUT2D eigenvalue weighted by Gasteiger charge is -2.07. The van der Waals surface area contributed by atoms with E-state index in [1.807, 2.05) is 36.4 Å². The summed E-state index contributed by atoms with van der Waals surface area (Å²) in [7, 11) is 0. The SMILES string of the molecule is O=C(NCCCCCCNCc1ccccc1)OCc1ccccc1. The van der Waals surface area contributed by atoms with Gasteiger partial charge < -0.3 is 15.4 Å². The zero-order valence-corrected chi connectivity index (χ0v) is 14.7. The van der Waals surface area contributed by atoms with Gasteiger partial charge in [-0.1, -0.05) is 73.5 Å². The van der Waals surface area contributed by atoms with E-state index in [1.54, 1.807) is 0 Å². The smallest absolute Gasteiger partial charge is 0.407 e. The van der Waals surface area contributed by atoms with Crippen molar-refractivity contribution in [1.29, 1.82) is 0 Å². The van der Waals surface area contributed by atoms with Gasteiger partial charge in [-0.05, 0) is 30.5 Å². The van der Waals surface area contributed by atoms with Crippen molar-refractivity contribution >= 4 is 6.09 Å². The molecule has 4 nitrogen and oxygen atoms in total. The Balaban J connectivity index is 1.38. The van der Waals surface area contributed by atoms with E-state index in [4.69, 9.17) is 4.74 Å². The average Bonchev–Trinajstić information content (AvgIpc) is 2.66. The fraction of sp³-hybridized carbons (Fsp3) is 0.381. The topological polar surface area (TPSA) is 50.4 Å². The van der Waals surface area contributed by atoms with Crippen molar-refractivity contribution in [2.24, 2.45) is 0 Å². The van der Waals surface area contributed by atoms with Crippen LogP contribution in [-0.4, -0.2) is 19.2 Å². The lowest BCUT2D eigenvalue weighted by molar-refractivity contribution is 0.139. The number of carbonyl (C=O) groups excluding carboxylic acids is 1. The van der Waals surface area contributed by atoms with E-state index in [0.717, 1.165) is 37.9 Å². The lowest BCUT2D eigenvalue weighted by Crippen LogP contribution is -2.25. The third kappa shape index (κ3) is 8.91. The molecule has 0 unspecified atom stereocenters. The molecule has 0 saturated heterocycles. The van der Waals surface area contributed by atoms with Crippen LogP contribution in [0.25, 0.3) is 0 Å². The molecule has 1 amide bonds. The third-order valence-corrected chi connectivity index (χ3v) is 3.93. The molecule has 25 heavy (non-hydrogen) atoms. The summed E-state index contributed by atoms with van der Waals surface area (Å²) < 4.78 is 5.17. The van der Waals surface area contributed by atoms with Crippen LogP contribution in [0, 0.1) is 0 Å². The molecule has 0 aliphatic rings. The van der Waals surface area contributed by atoms with Crippen LogP contribution in [0.1, 0.15) is 36.8 Å². The summed E-state index contributed by atoms with van der Waals surface area (Å²) in [5.41, 5.74) is 2.32. The highest BCUT2D eigenvalue weighted by Crippen LogP contribution is 2.02. The number of carbonyl (C=O) groups is 1. The Morgan fingerprint density at radius 2 is 1.36 bits per heavy atom. The van der Waals surface area contributed by atoms with E-state index in [1.165, 1.54) is 12.0 Å². The van der Waals surface area contributed by atoms with Crippen molar-refractivity contribution in [1.82, 2.24) is 10.6 Å². The van der Waals surface area contributed by atoms with E-state index in [2.05, 4.69) is 34.9 Å². The Kier molecular flexibility index (Phi) is 9.19. The van der Waals surface area contributed by atoms with E-state index in [0.29, 0.717) is 13.2 Å². The molecule has 4 heteroatoms. The van der Waals surface area contributed by atoms with Crippen molar-refractivity contribution in [3.63, 3.8) is 0 Å². The largest absolute Gasteiger partial charge is 0.445 e. The van der Waals surface area contributed by atoms with Gasteiger partial charge in [-0.15, -0.1) is 0 Å². The molecular weight excluding hydrogens is 312 g/mol. The molecule has 0 heterocycles. The van der Waals surface area contributed by atoms with Crippen LogP contribution < -0.4 is 10.6 Å². The standard InChI is InChI=1S/C21H28N2O2/c24-21(25-18-20-13-7-4-8-14-20)23-16-10-2-1-9-15-22-17-19-11-5-3-6-12-19/h3-8,11-14,22H,1-2,9-10,15-18H2,(H,23,24). The first-order valence-corrected chi connectivity index (χ1v) is 9.04. The summed E-state index contributed by atoms with van der Waals surface area (Å²) in [5.74, 6) is 0. The molecule has 0 atom stereocenters. The van der Waals surface area contributed by atoms with E-state index in [9.17, 15) is 4.79 Å². The molecule has 134 valence electrons. The minimum absolute atomic E-state index is 0.319. The Bertz CT molecular complexity index is 587. The quantitative estimate of drug-likeness (QED) is 0.601. The first-order valence-electron chi connectivity index (χ1n) is 9.04. The van der Waals surface area contributed by atoms with Crippen LogP contribution in [0.5, 0.6) is 0 Å². The highest BCUT2D eigenvalue weighted by atomic mass is 16.5. The van der Waals surface area contributed by atoms with Gasteiger partial charge in [0.25, 0.3) is 0 Å². The number of unbranched alkanes of at least 4 members (excludes halogenated alkanes) is 3. The van der Waals surface area contributed by atoms with Gasteiger partial charge in [0, 0.05) is 13.1 Å². The Morgan fingerprint density at radius 1 is 0.760 bits per heavy atom. The van der Waals surface area contributed by atoms with Crippen LogP contribution in [0.2, 0.25) is 0 Å². The van der Waals surface area contributed by atoms with E-state index in [-0.39, 0.29) is 6.09 Å². The summed E-state index contributed by atoms with van der Waals surface area (Å²) >= 11 is 0. The summed E-state index contributed by atoms with van der Waals surface area (Å²) in [6, 6.07) is 20.1. The molecule has 0 aliphatic heterocycles. The van der Waals surface area contributed by atoms with Gasteiger partial charge in [0.1, 0.15) is 6.61 Å². The molecule has 0 radical (unpaired) electrons. The zero-order valence-electron chi connectivity index (χ0n) is 14.7. The molecule has 0 spiro atoms. The molecule has 0 fully saturated rings. The summed E-state index contributed by atoms with van der Waals surface area (Å²) in [5, 5.41) is 6.25. The van der Waals surface area contributed by atoms with Crippen molar-refractivity contribution in [2.45, 2.75) is 38.8 Å². The van der Waals surface area contributed by atoms with E-state index < -0.39 is 0 Å². The minimum Gasteiger partial charge on any atom is -0.445 e. The maximum atomic E-state index is 11.6. The van der Waals surface area contributed by atoms with E-state index >= 15 is 0 Å². The van der Waals surface area contributed by atoms with Crippen LogP contribution in [0.3, 0.4) is 0 Å². The highest BCUT2D eigenvalue weighted by Gasteiger charge is 2.01. The van der Waals surface area contributed by atoms with Crippen LogP contribution in [0.15, 0.2) is 60.7 Å². The second kappa shape index (κ2) is 12.1. The van der Waals surface area contributed by atoms with Gasteiger partial charge in [0.15, 0.2) is 0 Å². The summed E-state index contributed by atoms with van der Waals surface area (Å²) in [4.78, 5) is 11.6. The maximum absolute atomic E-state index is 11.6. The molecule has 2 N–H and O–H groups in total. The van der Waals surface area contributed by atoms with Gasteiger partial charge in [-0.25, -0.2) is 4.79 Å². The molecular formula is C21H28N2O2. The van der Waals surface area contributed by atoms with Crippen molar-refractivity contribution in [3.05, 3.63) is 71.8 Å². The first kappa shape index (κ1) is 19.0. The molecule has 0 saturated carbocycles. The Labute approximate surface area is 150 Å². The fourth-order valence-corrected chi connectivity index (χ4v) is 2.52. The number of nitrogens with one attached hydrogen (secondary N) is 2. The van der Waals surface area contributed by atoms with Gasteiger partial charge in [-0.3, -0.25) is 0 Å². The van der Waals surface area contributed by atoms with Crippen LogP contribution >= 0.6 is 0 Å². The predicted molar refractivity (Wildman–Crippen MR) is 101 cm³/mol. The maximum Gasteiger partial charge on any atom is 0.407 e. The third-order valence-electron chi connectivity index (χ3n) is 3.93. The monoisotopic (exact) mass is 340 g/mol. The molecule has 0 aliphatic carbocycles. The van der Waals surface area contributed by atoms with Gasteiger partial charge in [0.2, 0.25) is 0 Å². The zero-order chi connectivity index (χ0) is 17.6. The second-order valence-corrected chi connectivity index (χ2v) is 6.07. The minimum atomic E-state index is -0.339. The van der Waals surface area contributed by atoms with Gasteiger partial charge in [-0.2, -0.15) is 0 Å². The number of ether oxygens (including phenoxy) is 1. The van der Waals surface area contributed by atoms with Crippen molar-refractivity contribution in [3.8, 4) is 0 Å². The first-order chi connectivity index (χ1) is 12.3. The fourth-order valence-electron chi connectivity index (χ4n) is 2.52. The molecule has 2 aromatic rings. The number of amides is 1. The van der Waals surface area contributed by atoms with Crippen molar-refractivity contribution < 1.29 is 9.53 Å². The molecule has 0 bridgehead atoms. The predicted octanol–water partition coefficient (Wildman–Crippen LogP) is 4.26. The van der Waals surface area contributed by atoms with Crippen LogP contribution in [-0.2, 0) is 17.9 Å². The summed E-state index contributed by atoms with van der Waals surface area (Å²) in [6.45, 7) is 2.95. The normalized spacial score (nSPS) is 10.4. The number of hydrogen-bond acceptors (Lipinski definition) is 3. The van der Waals surface area contributed by atoms with Gasteiger partial charge in [0.05, 0.1) is 0 Å². The number of benzene rings is 2. The number of rotatable bonds is 11. The Hall–Kier alpha value is -2.33. The van der Waals surface area contributed by atoms with Gasteiger partial charge >= 0.3 is 6.09 Å². The number of hydrogen-bond donors (Lipinski definition) is 2. The Morgan fingerprint density at radius 3 is 2.04 bits per heavy atom. The summed E-state index contributed by atoms with van der Waals surface area (Å²) in [6.07, 6.45) is 4.09. The molecule has 0 aromatic heterocycles. The molecule has 2 aromatic carbocycles. The average molecular weight is 340 g/mol. The lowest BCUT2D eigenvalue weighted by atomic mass is 10.2. The highest BCUT2D eigenvalue weighted by molar-refractivity contribution is 5.67.